The van der Waals surface area contributed by atoms with E-state index in [0.717, 1.165) is 11.8 Å². The highest BCUT2D eigenvalue weighted by molar-refractivity contribution is 6.09. The molecule has 1 aromatic carbocycles. The second kappa shape index (κ2) is 4.23. The number of hydrogen-bond donors (Lipinski definition) is 0. The minimum atomic E-state index is -0.590. The van der Waals surface area contributed by atoms with Crippen LogP contribution < -0.4 is 0 Å². The minimum absolute atomic E-state index is 0.0545. The maximum atomic E-state index is 13.3. The van der Waals surface area contributed by atoms with E-state index in [1.807, 2.05) is 19.1 Å². The molecule has 1 heterocycles. The van der Waals surface area contributed by atoms with Gasteiger partial charge in [0, 0.05) is 11.8 Å². The number of ketones is 1. The molecule has 0 aliphatic heterocycles. The number of nitrogens with zero attached hydrogens (tertiary/aromatic N) is 1. The Kier molecular flexibility index (Phi) is 2.77. The van der Waals surface area contributed by atoms with E-state index in [-0.39, 0.29) is 11.3 Å². The number of carbonyl (C=O) groups excluding carboxylic acids is 1. The topological polar surface area (TPSA) is 30.0 Å². The number of aryl methyl sites for hydroxylation is 1. The number of rotatable bonds is 2. The molecule has 0 aliphatic rings. The zero-order valence-corrected chi connectivity index (χ0v) is 8.77. The Balaban J connectivity index is 2.40. The Morgan fingerprint density at radius 3 is 2.50 bits per heavy atom. The summed E-state index contributed by atoms with van der Waals surface area (Å²) in [6.07, 6.45) is 2.45. The van der Waals surface area contributed by atoms with E-state index in [4.69, 9.17) is 0 Å². The van der Waals surface area contributed by atoms with Gasteiger partial charge in [-0.2, -0.15) is 0 Å². The molecular formula is C13H10FNO. The molecule has 2 aromatic rings. The molecule has 0 radical (unpaired) electrons. The molecule has 0 fully saturated rings. The summed E-state index contributed by atoms with van der Waals surface area (Å²) in [7, 11) is 0. The van der Waals surface area contributed by atoms with Gasteiger partial charge >= 0.3 is 0 Å². The van der Waals surface area contributed by atoms with Crippen molar-refractivity contribution in [3.63, 3.8) is 0 Å². The Hall–Kier alpha value is -2.03. The van der Waals surface area contributed by atoms with Gasteiger partial charge in [-0.3, -0.25) is 9.78 Å². The Morgan fingerprint density at radius 2 is 1.88 bits per heavy atom. The summed E-state index contributed by atoms with van der Waals surface area (Å²) in [6, 6.07) is 8.42. The van der Waals surface area contributed by atoms with Gasteiger partial charge in [-0.25, -0.2) is 4.39 Å². The predicted molar refractivity (Wildman–Crippen MR) is 58.8 cm³/mol. The van der Waals surface area contributed by atoms with Crippen molar-refractivity contribution in [2.24, 2.45) is 0 Å². The number of carbonyl (C=O) groups is 1. The first-order valence-electron chi connectivity index (χ1n) is 4.89. The van der Waals surface area contributed by atoms with Crippen molar-refractivity contribution in [2.75, 3.05) is 0 Å². The SMILES string of the molecule is Cc1ccc(C(=O)c2ccncc2F)cc1. The second-order valence-corrected chi connectivity index (χ2v) is 3.55. The first-order chi connectivity index (χ1) is 7.68. The molecule has 2 nitrogen and oxygen atoms in total. The van der Waals surface area contributed by atoms with Crippen LogP contribution in [0.5, 0.6) is 0 Å². The van der Waals surface area contributed by atoms with Crippen LogP contribution in [0.4, 0.5) is 4.39 Å². The lowest BCUT2D eigenvalue weighted by Gasteiger charge is -2.02. The van der Waals surface area contributed by atoms with E-state index < -0.39 is 5.82 Å². The molecule has 0 N–H and O–H groups in total. The van der Waals surface area contributed by atoms with Gasteiger partial charge in [0.05, 0.1) is 11.8 Å². The molecule has 80 valence electrons. The first-order valence-corrected chi connectivity index (χ1v) is 4.89. The minimum Gasteiger partial charge on any atom is -0.288 e. The fourth-order valence-electron chi connectivity index (χ4n) is 1.42. The maximum absolute atomic E-state index is 13.3. The number of benzene rings is 1. The summed E-state index contributed by atoms with van der Waals surface area (Å²) in [6.45, 7) is 1.93. The fraction of sp³-hybridized carbons (Fsp3) is 0.0769. The van der Waals surface area contributed by atoms with Gasteiger partial charge in [-0.15, -0.1) is 0 Å². The van der Waals surface area contributed by atoms with Gasteiger partial charge < -0.3 is 0 Å². The van der Waals surface area contributed by atoms with Crippen molar-refractivity contribution in [2.45, 2.75) is 6.92 Å². The summed E-state index contributed by atoms with van der Waals surface area (Å²) < 4.78 is 13.3. The molecule has 1 aromatic heterocycles. The van der Waals surface area contributed by atoms with Gasteiger partial charge in [-0.05, 0) is 13.0 Å². The predicted octanol–water partition coefficient (Wildman–Crippen LogP) is 2.76. The fourth-order valence-corrected chi connectivity index (χ4v) is 1.42. The highest BCUT2D eigenvalue weighted by Crippen LogP contribution is 2.12. The third-order valence-electron chi connectivity index (χ3n) is 2.33. The van der Waals surface area contributed by atoms with E-state index in [2.05, 4.69) is 4.98 Å². The summed E-state index contributed by atoms with van der Waals surface area (Å²) in [5.41, 5.74) is 1.60. The normalized spacial score (nSPS) is 10.1. The van der Waals surface area contributed by atoms with Crippen LogP contribution in [0.25, 0.3) is 0 Å². The highest BCUT2D eigenvalue weighted by atomic mass is 19.1. The van der Waals surface area contributed by atoms with E-state index >= 15 is 0 Å². The summed E-state index contributed by atoms with van der Waals surface area (Å²) in [5.74, 6) is -0.909. The van der Waals surface area contributed by atoms with E-state index in [0.29, 0.717) is 5.56 Å². The molecule has 0 atom stereocenters. The van der Waals surface area contributed by atoms with Crippen molar-refractivity contribution >= 4 is 5.78 Å². The Morgan fingerprint density at radius 1 is 1.19 bits per heavy atom. The van der Waals surface area contributed by atoms with E-state index in [9.17, 15) is 9.18 Å². The van der Waals surface area contributed by atoms with Crippen LogP contribution in [0.1, 0.15) is 21.5 Å². The Bertz CT molecular complexity index is 520. The van der Waals surface area contributed by atoms with Crippen LogP contribution in [0.15, 0.2) is 42.7 Å². The largest absolute Gasteiger partial charge is 0.288 e. The standard InChI is InChI=1S/C13H10FNO/c1-9-2-4-10(5-3-9)13(16)11-6-7-15-8-12(11)14/h2-8H,1H3. The highest BCUT2D eigenvalue weighted by Gasteiger charge is 2.12. The van der Waals surface area contributed by atoms with Gasteiger partial charge in [-0.1, -0.05) is 29.8 Å². The number of pyridine rings is 1. The van der Waals surface area contributed by atoms with Crippen molar-refractivity contribution in [3.05, 3.63) is 65.2 Å². The lowest BCUT2D eigenvalue weighted by molar-refractivity contribution is 0.103. The zero-order valence-electron chi connectivity index (χ0n) is 8.77. The molecule has 0 saturated carbocycles. The molecule has 0 spiro atoms. The Labute approximate surface area is 92.8 Å². The van der Waals surface area contributed by atoms with Crippen LogP contribution >= 0.6 is 0 Å². The van der Waals surface area contributed by atoms with Gasteiger partial charge in [0.15, 0.2) is 11.6 Å². The van der Waals surface area contributed by atoms with Crippen LogP contribution in [-0.2, 0) is 0 Å². The lowest BCUT2D eigenvalue weighted by Crippen LogP contribution is -2.04. The number of aromatic nitrogens is 1. The van der Waals surface area contributed by atoms with E-state index in [1.165, 1.54) is 12.3 Å². The molecule has 16 heavy (non-hydrogen) atoms. The number of halogens is 1. The van der Waals surface area contributed by atoms with Crippen molar-refractivity contribution in [3.8, 4) is 0 Å². The molecule has 3 heteroatoms. The smallest absolute Gasteiger partial charge is 0.196 e. The molecular weight excluding hydrogens is 205 g/mol. The average molecular weight is 215 g/mol. The quantitative estimate of drug-likeness (QED) is 0.721. The third kappa shape index (κ3) is 1.98. The molecule has 0 amide bonds. The van der Waals surface area contributed by atoms with Gasteiger partial charge in [0.25, 0.3) is 0 Å². The van der Waals surface area contributed by atoms with Crippen LogP contribution in [0, 0.1) is 12.7 Å². The molecule has 0 saturated heterocycles. The summed E-state index contributed by atoms with van der Waals surface area (Å²) >= 11 is 0. The third-order valence-corrected chi connectivity index (χ3v) is 2.33. The summed E-state index contributed by atoms with van der Waals surface area (Å²) in [5, 5.41) is 0. The maximum Gasteiger partial charge on any atom is 0.196 e. The average Bonchev–Trinajstić information content (AvgIpc) is 2.30. The summed E-state index contributed by atoms with van der Waals surface area (Å²) in [4.78, 5) is 15.5. The van der Waals surface area contributed by atoms with Gasteiger partial charge in [0.2, 0.25) is 0 Å². The molecule has 0 aliphatic carbocycles. The van der Waals surface area contributed by atoms with Crippen molar-refractivity contribution in [1.29, 1.82) is 0 Å². The van der Waals surface area contributed by atoms with Crippen molar-refractivity contribution < 1.29 is 9.18 Å². The van der Waals surface area contributed by atoms with Crippen molar-refractivity contribution in [1.82, 2.24) is 4.98 Å². The number of hydrogen-bond acceptors (Lipinski definition) is 2. The zero-order chi connectivity index (χ0) is 11.5. The van der Waals surface area contributed by atoms with Crippen LogP contribution in [0.3, 0.4) is 0 Å². The van der Waals surface area contributed by atoms with Crippen LogP contribution in [-0.4, -0.2) is 10.8 Å². The second-order valence-electron chi connectivity index (χ2n) is 3.55. The monoisotopic (exact) mass is 215 g/mol. The lowest BCUT2D eigenvalue weighted by atomic mass is 10.0. The first kappa shape index (κ1) is 10.5. The van der Waals surface area contributed by atoms with Crippen LogP contribution in [0.2, 0.25) is 0 Å². The molecule has 0 unspecified atom stereocenters. The molecule has 0 bridgehead atoms. The van der Waals surface area contributed by atoms with E-state index in [1.54, 1.807) is 12.1 Å². The van der Waals surface area contributed by atoms with Gasteiger partial charge in [0.1, 0.15) is 0 Å². The molecule has 2 rings (SSSR count).